The monoisotopic (exact) mass is 434 g/mol. The Balaban J connectivity index is 2.17. The summed E-state index contributed by atoms with van der Waals surface area (Å²) in [4.78, 5) is 39.4. The molecular formula is C21H26N2O6S. The van der Waals surface area contributed by atoms with E-state index in [1.165, 1.54) is 35.5 Å². The zero-order valence-electron chi connectivity index (χ0n) is 17.7. The number of hydrogen-bond acceptors (Lipinski definition) is 6. The molecular weight excluding hydrogens is 408 g/mol. The molecule has 1 N–H and O–H groups in total. The van der Waals surface area contributed by atoms with Crippen LogP contribution in [0.2, 0.25) is 0 Å². The van der Waals surface area contributed by atoms with Crippen LogP contribution < -0.4 is 0 Å². The van der Waals surface area contributed by atoms with E-state index in [4.69, 9.17) is 4.74 Å². The smallest absolute Gasteiger partial charge is 0.338 e. The van der Waals surface area contributed by atoms with Gasteiger partial charge in [-0.25, -0.2) is 13.2 Å². The van der Waals surface area contributed by atoms with Gasteiger partial charge in [-0.05, 0) is 44.5 Å². The van der Waals surface area contributed by atoms with Crippen LogP contribution in [0.25, 0.3) is 0 Å². The number of rotatable bonds is 9. The fraction of sp³-hybridized carbons (Fsp3) is 0.381. The highest BCUT2D eigenvalue weighted by molar-refractivity contribution is 7.89. The number of nitrogens with zero attached hydrogens (tertiary/aromatic N) is 1. The van der Waals surface area contributed by atoms with Gasteiger partial charge in [0.15, 0.2) is 12.4 Å². The van der Waals surface area contributed by atoms with Gasteiger partial charge in [-0.15, -0.1) is 0 Å². The van der Waals surface area contributed by atoms with Crippen LogP contribution in [0.1, 0.15) is 63.2 Å². The summed E-state index contributed by atoms with van der Waals surface area (Å²) < 4.78 is 31.6. The van der Waals surface area contributed by atoms with E-state index in [0.717, 1.165) is 0 Å². The summed E-state index contributed by atoms with van der Waals surface area (Å²) in [5.74, 6) is -1.46. The molecule has 1 aromatic heterocycles. The molecule has 1 aromatic carbocycles. The Morgan fingerprint density at radius 3 is 2.27 bits per heavy atom. The number of carbonyl (C=O) groups is 3. The van der Waals surface area contributed by atoms with Gasteiger partial charge in [-0.3, -0.25) is 9.59 Å². The van der Waals surface area contributed by atoms with Gasteiger partial charge in [0, 0.05) is 24.3 Å². The van der Waals surface area contributed by atoms with Crippen molar-refractivity contribution in [3.8, 4) is 0 Å². The lowest BCUT2D eigenvalue weighted by atomic mass is 10.1. The minimum absolute atomic E-state index is 0.0195. The van der Waals surface area contributed by atoms with Gasteiger partial charge in [0.2, 0.25) is 15.8 Å². The van der Waals surface area contributed by atoms with Crippen molar-refractivity contribution in [3.63, 3.8) is 0 Å². The largest absolute Gasteiger partial charge is 0.454 e. The molecule has 0 radical (unpaired) electrons. The molecule has 0 saturated carbocycles. The Bertz CT molecular complexity index is 1080. The molecule has 0 aliphatic rings. The number of hydrogen-bond donors (Lipinski definition) is 1. The molecule has 30 heavy (non-hydrogen) atoms. The maximum Gasteiger partial charge on any atom is 0.338 e. The summed E-state index contributed by atoms with van der Waals surface area (Å²) in [6, 6.07) is 5.51. The SMILES string of the molecule is CCN(CC)S(=O)(=O)c1cccc(C(=O)OCC(=O)c2[nH]c(C)c(C(C)=O)c2C)c1. The van der Waals surface area contributed by atoms with E-state index >= 15 is 0 Å². The van der Waals surface area contributed by atoms with E-state index in [-0.39, 0.29) is 21.9 Å². The second-order valence-corrected chi connectivity index (χ2v) is 8.74. The van der Waals surface area contributed by atoms with Crippen molar-refractivity contribution >= 4 is 27.6 Å². The van der Waals surface area contributed by atoms with Gasteiger partial charge >= 0.3 is 5.97 Å². The molecule has 1 heterocycles. The second kappa shape index (κ2) is 9.36. The minimum Gasteiger partial charge on any atom is -0.454 e. The fourth-order valence-electron chi connectivity index (χ4n) is 3.34. The number of H-pyrrole nitrogens is 1. The van der Waals surface area contributed by atoms with E-state index < -0.39 is 28.4 Å². The summed E-state index contributed by atoms with van der Waals surface area (Å²) in [6.45, 7) is 8.28. The predicted octanol–water partition coefficient (Wildman–Crippen LogP) is 2.90. The van der Waals surface area contributed by atoms with Crippen molar-refractivity contribution in [2.24, 2.45) is 0 Å². The van der Waals surface area contributed by atoms with Crippen LogP contribution >= 0.6 is 0 Å². The van der Waals surface area contributed by atoms with Crippen LogP contribution in [0.5, 0.6) is 0 Å². The maximum atomic E-state index is 12.6. The molecule has 0 atom stereocenters. The Labute approximate surface area is 176 Å². The highest BCUT2D eigenvalue weighted by atomic mass is 32.2. The van der Waals surface area contributed by atoms with Crippen LogP contribution in [-0.2, 0) is 14.8 Å². The number of Topliss-reactive ketones (excluding diaryl/α,β-unsaturated/α-hetero) is 2. The van der Waals surface area contributed by atoms with Gasteiger partial charge in [0.25, 0.3) is 0 Å². The third-order valence-corrected chi connectivity index (χ3v) is 6.86. The van der Waals surface area contributed by atoms with E-state index in [0.29, 0.717) is 29.9 Å². The number of esters is 1. The van der Waals surface area contributed by atoms with E-state index in [2.05, 4.69) is 4.98 Å². The van der Waals surface area contributed by atoms with Crippen molar-refractivity contribution in [1.29, 1.82) is 0 Å². The van der Waals surface area contributed by atoms with Gasteiger partial charge in [-0.1, -0.05) is 19.9 Å². The Hall–Kier alpha value is -2.78. The molecule has 0 saturated heterocycles. The summed E-state index contributed by atoms with van der Waals surface area (Å²) in [5.41, 5.74) is 1.76. The number of nitrogens with one attached hydrogen (secondary N) is 1. The molecule has 0 bridgehead atoms. The number of aromatic amines is 1. The zero-order valence-corrected chi connectivity index (χ0v) is 18.6. The van der Waals surface area contributed by atoms with E-state index in [1.807, 2.05) is 0 Å². The average Bonchev–Trinajstić information content (AvgIpc) is 3.01. The lowest BCUT2D eigenvalue weighted by Crippen LogP contribution is -2.30. The molecule has 2 rings (SSSR count). The van der Waals surface area contributed by atoms with Gasteiger partial charge in [-0.2, -0.15) is 4.31 Å². The van der Waals surface area contributed by atoms with Gasteiger partial charge in [0.05, 0.1) is 16.2 Å². The Morgan fingerprint density at radius 1 is 1.10 bits per heavy atom. The van der Waals surface area contributed by atoms with Crippen molar-refractivity contribution in [2.45, 2.75) is 39.5 Å². The number of ketones is 2. The summed E-state index contributed by atoms with van der Waals surface area (Å²) in [7, 11) is -3.73. The Morgan fingerprint density at radius 2 is 1.73 bits per heavy atom. The molecule has 0 aliphatic carbocycles. The second-order valence-electron chi connectivity index (χ2n) is 6.80. The third kappa shape index (κ3) is 4.68. The normalized spacial score (nSPS) is 11.5. The maximum absolute atomic E-state index is 12.6. The van der Waals surface area contributed by atoms with Crippen LogP contribution in [0.4, 0.5) is 0 Å². The van der Waals surface area contributed by atoms with Gasteiger partial charge in [0.1, 0.15) is 0 Å². The van der Waals surface area contributed by atoms with E-state index in [9.17, 15) is 22.8 Å². The van der Waals surface area contributed by atoms with Crippen LogP contribution in [0.3, 0.4) is 0 Å². The third-order valence-electron chi connectivity index (χ3n) is 4.82. The number of aromatic nitrogens is 1. The molecule has 8 nitrogen and oxygen atoms in total. The van der Waals surface area contributed by atoms with Crippen molar-refractivity contribution in [1.82, 2.24) is 9.29 Å². The number of sulfonamides is 1. The first-order valence-electron chi connectivity index (χ1n) is 9.55. The summed E-state index contributed by atoms with van der Waals surface area (Å²) >= 11 is 0. The van der Waals surface area contributed by atoms with E-state index in [1.54, 1.807) is 27.7 Å². The summed E-state index contributed by atoms with van der Waals surface area (Å²) in [6.07, 6.45) is 0. The zero-order chi connectivity index (χ0) is 22.6. The van der Waals surface area contributed by atoms with Crippen molar-refractivity contribution in [2.75, 3.05) is 19.7 Å². The molecule has 0 aliphatic heterocycles. The van der Waals surface area contributed by atoms with Crippen molar-refractivity contribution < 1.29 is 27.5 Å². The number of benzene rings is 1. The highest BCUT2D eigenvalue weighted by Crippen LogP contribution is 2.20. The van der Waals surface area contributed by atoms with Crippen LogP contribution in [-0.4, -0.2) is 54.9 Å². The Kier molecular flexibility index (Phi) is 7.33. The molecule has 0 unspecified atom stereocenters. The summed E-state index contributed by atoms with van der Waals surface area (Å²) in [5, 5.41) is 0. The quantitative estimate of drug-likeness (QED) is 0.479. The lowest BCUT2D eigenvalue weighted by Gasteiger charge is -2.18. The van der Waals surface area contributed by atoms with Crippen molar-refractivity contribution in [3.05, 3.63) is 52.3 Å². The minimum atomic E-state index is -3.73. The highest BCUT2D eigenvalue weighted by Gasteiger charge is 2.24. The van der Waals surface area contributed by atoms with Crippen LogP contribution in [0.15, 0.2) is 29.2 Å². The first kappa shape index (κ1) is 23.5. The fourth-order valence-corrected chi connectivity index (χ4v) is 4.84. The lowest BCUT2D eigenvalue weighted by molar-refractivity contribution is 0.0473. The predicted molar refractivity (Wildman–Crippen MR) is 111 cm³/mol. The molecule has 0 spiro atoms. The number of carbonyl (C=O) groups excluding carboxylic acids is 3. The average molecular weight is 435 g/mol. The first-order chi connectivity index (χ1) is 14.0. The standard InChI is InChI=1S/C21H26N2O6S/c1-6-23(7-2)30(27,28)17-10-8-9-16(11-17)21(26)29-12-18(25)20-13(3)19(15(5)24)14(4)22-20/h8-11,22H,6-7,12H2,1-5H3. The molecule has 0 fully saturated rings. The van der Waals surface area contributed by atoms with Crippen LogP contribution in [0, 0.1) is 13.8 Å². The topological polar surface area (TPSA) is 114 Å². The molecule has 162 valence electrons. The first-order valence-corrected chi connectivity index (χ1v) is 11.0. The molecule has 2 aromatic rings. The van der Waals surface area contributed by atoms with Gasteiger partial charge < -0.3 is 9.72 Å². The number of ether oxygens (including phenoxy) is 1. The molecule has 9 heteroatoms. The molecule has 0 amide bonds. The number of aryl methyl sites for hydroxylation is 1.